The molecule has 1 aromatic heterocycles. The minimum atomic E-state index is -0.735. The molecular formula is C14H12O2S2. The summed E-state index contributed by atoms with van der Waals surface area (Å²) in [4.78, 5) is 13.6. The SMILES string of the molecule is O=C(O)CC1c2ccccc2SCc2ccsc21. The van der Waals surface area contributed by atoms with Gasteiger partial charge in [-0.15, -0.1) is 23.1 Å². The molecule has 0 amide bonds. The highest BCUT2D eigenvalue weighted by atomic mass is 32.2. The molecule has 1 atom stereocenters. The highest BCUT2D eigenvalue weighted by Crippen LogP contribution is 2.44. The predicted molar refractivity (Wildman–Crippen MR) is 74.4 cm³/mol. The number of thioether (sulfide) groups is 1. The summed E-state index contributed by atoms with van der Waals surface area (Å²) in [7, 11) is 0. The van der Waals surface area contributed by atoms with Crippen LogP contribution in [0.2, 0.25) is 0 Å². The van der Waals surface area contributed by atoms with Gasteiger partial charge < -0.3 is 5.11 Å². The fourth-order valence-electron chi connectivity index (χ4n) is 2.35. The first-order valence-electron chi connectivity index (χ1n) is 5.75. The molecule has 0 fully saturated rings. The summed E-state index contributed by atoms with van der Waals surface area (Å²) in [5.74, 6) is 0.205. The van der Waals surface area contributed by atoms with Crippen molar-refractivity contribution in [1.82, 2.24) is 0 Å². The molecule has 2 heterocycles. The van der Waals surface area contributed by atoms with Crippen molar-refractivity contribution < 1.29 is 9.90 Å². The monoisotopic (exact) mass is 276 g/mol. The molecule has 92 valence electrons. The van der Waals surface area contributed by atoms with E-state index in [0.29, 0.717) is 0 Å². The number of benzene rings is 1. The Morgan fingerprint density at radius 1 is 1.33 bits per heavy atom. The number of rotatable bonds is 2. The van der Waals surface area contributed by atoms with Crippen LogP contribution in [0.4, 0.5) is 0 Å². The van der Waals surface area contributed by atoms with Crippen molar-refractivity contribution >= 4 is 29.1 Å². The lowest BCUT2D eigenvalue weighted by atomic mass is 9.92. The lowest BCUT2D eigenvalue weighted by Crippen LogP contribution is -2.07. The molecule has 1 N–H and O–H groups in total. The van der Waals surface area contributed by atoms with Crippen molar-refractivity contribution in [2.24, 2.45) is 0 Å². The van der Waals surface area contributed by atoms with Crippen LogP contribution in [0.5, 0.6) is 0 Å². The molecule has 1 unspecified atom stereocenters. The van der Waals surface area contributed by atoms with Gasteiger partial charge in [0.15, 0.2) is 0 Å². The number of hydrogen-bond acceptors (Lipinski definition) is 3. The third kappa shape index (κ3) is 2.06. The number of carboxylic acid groups (broad SMARTS) is 1. The second-order valence-electron chi connectivity index (χ2n) is 4.29. The molecule has 1 aliphatic rings. The minimum absolute atomic E-state index is 0.00343. The van der Waals surface area contributed by atoms with Crippen LogP contribution in [-0.2, 0) is 10.5 Å². The molecule has 0 aliphatic carbocycles. The Morgan fingerprint density at radius 3 is 3.00 bits per heavy atom. The number of carbonyl (C=O) groups is 1. The van der Waals surface area contributed by atoms with Crippen molar-refractivity contribution in [3.8, 4) is 0 Å². The van der Waals surface area contributed by atoms with Crippen LogP contribution in [-0.4, -0.2) is 11.1 Å². The Bertz CT molecular complexity index is 589. The maximum absolute atomic E-state index is 11.1. The summed E-state index contributed by atoms with van der Waals surface area (Å²) in [6.07, 6.45) is 0.172. The lowest BCUT2D eigenvalue weighted by molar-refractivity contribution is -0.137. The minimum Gasteiger partial charge on any atom is -0.481 e. The number of thiophene rings is 1. The van der Waals surface area contributed by atoms with Crippen molar-refractivity contribution in [3.05, 3.63) is 51.7 Å². The zero-order valence-corrected chi connectivity index (χ0v) is 11.3. The van der Waals surface area contributed by atoms with Gasteiger partial charge >= 0.3 is 5.97 Å². The first-order valence-corrected chi connectivity index (χ1v) is 7.62. The van der Waals surface area contributed by atoms with Gasteiger partial charge in [-0.1, -0.05) is 18.2 Å². The highest BCUT2D eigenvalue weighted by molar-refractivity contribution is 7.98. The third-order valence-electron chi connectivity index (χ3n) is 3.15. The van der Waals surface area contributed by atoms with Gasteiger partial charge in [-0.2, -0.15) is 0 Å². The largest absolute Gasteiger partial charge is 0.481 e. The average Bonchev–Trinajstić information content (AvgIpc) is 2.77. The van der Waals surface area contributed by atoms with Gasteiger partial charge in [0.05, 0.1) is 6.42 Å². The van der Waals surface area contributed by atoms with Crippen LogP contribution < -0.4 is 0 Å². The summed E-state index contributed by atoms with van der Waals surface area (Å²) >= 11 is 3.48. The van der Waals surface area contributed by atoms with Gasteiger partial charge in [0, 0.05) is 21.4 Å². The molecule has 0 bridgehead atoms. The van der Waals surface area contributed by atoms with E-state index in [4.69, 9.17) is 5.11 Å². The van der Waals surface area contributed by atoms with E-state index < -0.39 is 5.97 Å². The quantitative estimate of drug-likeness (QED) is 0.902. The van der Waals surface area contributed by atoms with Gasteiger partial charge in [-0.25, -0.2) is 0 Å². The molecular weight excluding hydrogens is 264 g/mol. The zero-order chi connectivity index (χ0) is 12.5. The average molecular weight is 276 g/mol. The Hall–Kier alpha value is -1.26. The molecule has 1 aromatic carbocycles. The molecule has 0 spiro atoms. The topological polar surface area (TPSA) is 37.3 Å². The maximum atomic E-state index is 11.1. The first-order chi connectivity index (χ1) is 8.75. The second-order valence-corrected chi connectivity index (χ2v) is 6.25. The second kappa shape index (κ2) is 4.78. The number of carboxylic acids is 1. The van der Waals surface area contributed by atoms with Gasteiger partial charge in [-0.05, 0) is 28.6 Å². The summed E-state index contributed by atoms with van der Waals surface area (Å²) < 4.78 is 0. The van der Waals surface area contributed by atoms with Crippen molar-refractivity contribution in [2.75, 3.05) is 0 Å². The summed E-state index contributed by atoms with van der Waals surface area (Å²) in [6.45, 7) is 0. The van der Waals surface area contributed by atoms with Crippen LogP contribution in [0.25, 0.3) is 0 Å². The fourth-order valence-corrected chi connectivity index (χ4v) is 4.60. The van der Waals surface area contributed by atoms with Crippen molar-refractivity contribution in [3.63, 3.8) is 0 Å². The van der Waals surface area contributed by atoms with Gasteiger partial charge in [0.2, 0.25) is 0 Å². The maximum Gasteiger partial charge on any atom is 0.304 e. The number of fused-ring (bicyclic) bond motifs is 2. The normalized spacial score (nSPS) is 17.7. The molecule has 4 heteroatoms. The Kier molecular flexibility index (Phi) is 3.14. The molecule has 2 aromatic rings. The van der Waals surface area contributed by atoms with Gasteiger partial charge in [-0.3, -0.25) is 4.79 Å². The smallest absolute Gasteiger partial charge is 0.304 e. The predicted octanol–water partition coefficient (Wildman–Crippen LogP) is 3.96. The Labute approximate surface area is 114 Å². The van der Waals surface area contributed by atoms with E-state index in [2.05, 4.69) is 23.6 Å². The van der Waals surface area contributed by atoms with E-state index in [1.807, 2.05) is 12.1 Å². The third-order valence-corrected chi connectivity index (χ3v) is 5.36. The van der Waals surface area contributed by atoms with Crippen LogP contribution in [0.1, 0.15) is 28.3 Å². The van der Waals surface area contributed by atoms with Crippen molar-refractivity contribution in [1.29, 1.82) is 0 Å². The van der Waals surface area contributed by atoms with E-state index in [0.717, 1.165) is 11.3 Å². The van der Waals surface area contributed by atoms with Crippen molar-refractivity contribution in [2.45, 2.75) is 23.0 Å². The van der Waals surface area contributed by atoms with E-state index in [-0.39, 0.29) is 12.3 Å². The molecule has 3 rings (SSSR count). The fraction of sp³-hybridized carbons (Fsp3) is 0.214. The van der Waals surface area contributed by atoms with Crippen LogP contribution in [0, 0.1) is 0 Å². The van der Waals surface area contributed by atoms with E-state index >= 15 is 0 Å². The molecule has 0 saturated carbocycles. The summed E-state index contributed by atoms with van der Waals surface area (Å²) in [6, 6.07) is 10.3. The van der Waals surface area contributed by atoms with Crippen LogP contribution >= 0.6 is 23.1 Å². The number of hydrogen-bond donors (Lipinski definition) is 1. The summed E-state index contributed by atoms with van der Waals surface area (Å²) in [5, 5.41) is 11.2. The standard InChI is InChI=1S/C14H12O2S2/c15-13(16)7-11-10-3-1-2-4-12(10)18-8-9-5-6-17-14(9)11/h1-6,11H,7-8H2,(H,15,16). The molecule has 0 saturated heterocycles. The molecule has 18 heavy (non-hydrogen) atoms. The Morgan fingerprint density at radius 2 is 2.17 bits per heavy atom. The van der Waals surface area contributed by atoms with Crippen LogP contribution in [0.15, 0.2) is 40.6 Å². The van der Waals surface area contributed by atoms with Gasteiger partial charge in [0.25, 0.3) is 0 Å². The van der Waals surface area contributed by atoms with Gasteiger partial charge in [0.1, 0.15) is 0 Å². The molecule has 1 aliphatic heterocycles. The summed E-state index contributed by atoms with van der Waals surface area (Å²) in [5.41, 5.74) is 2.44. The highest BCUT2D eigenvalue weighted by Gasteiger charge is 2.26. The number of aliphatic carboxylic acids is 1. The van der Waals surface area contributed by atoms with E-state index in [9.17, 15) is 4.79 Å². The lowest BCUT2D eigenvalue weighted by Gasteiger charge is -2.15. The molecule has 0 radical (unpaired) electrons. The van der Waals surface area contributed by atoms with Crippen LogP contribution in [0.3, 0.4) is 0 Å². The Balaban J connectivity index is 2.13. The zero-order valence-electron chi connectivity index (χ0n) is 9.63. The van der Waals surface area contributed by atoms with E-state index in [1.165, 1.54) is 15.3 Å². The first kappa shape index (κ1) is 11.8. The molecule has 2 nitrogen and oxygen atoms in total. The van der Waals surface area contributed by atoms with E-state index in [1.54, 1.807) is 23.1 Å².